The Labute approximate surface area is 118 Å². The van der Waals surface area contributed by atoms with Gasteiger partial charge in [0.15, 0.2) is 0 Å². The van der Waals surface area contributed by atoms with E-state index in [0.717, 1.165) is 12.8 Å². The lowest BCUT2D eigenvalue weighted by Gasteiger charge is -2.26. The normalized spacial score (nSPS) is 28.9. The third-order valence-electron chi connectivity index (χ3n) is 4.37. The molecule has 1 amide bonds. The van der Waals surface area contributed by atoms with Gasteiger partial charge in [0.25, 0.3) is 0 Å². The quantitative estimate of drug-likeness (QED) is 0.784. The van der Waals surface area contributed by atoms with Crippen molar-refractivity contribution in [3.63, 3.8) is 0 Å². The average molecular weight is 277 g/mol. The van der Waals surface area contributed by atoms with Gasteiger partial charge in [-0.25, -0.2) is 9.82 Å². The molecule has 1 aromatic carbocycles. The zero-order valence-electron chi connectivity index (χ0n) is 11.4. The summed E-state index contributed by atoms with van der Waals surface area (Å²) in [6, 6.07) is 6.72. The van der Waals surface area contributed by atoms with Crippen molar-refractivity contribution in [1.82, 2.24) is 16.2 Å². The molecule has 0 bridgehead atoms. The van der Waals surface area contributed by atoms with E-state index >= 15 is 0 Å². The predicted octanol–water partition coefficient (Wildman–Crippen LogP) is 1.48. The average Bonchev–Trinajstić information content (AvgIpc) is 2.90. The number of nitrogens with one attached hydrogen (secondary N) is 3. The highest BCUT2D eigenvalue weighted by Gasteiger charge is 2.40. The fourth-order valence-corrected chi connectivity index (χ4v) is 3.24. The molecule has 4 nitrogen and oxygen atoms in total. The molecule has 2 aliphatic rings. The van der Waals surface area contributed by atoms with Gasteiger partial charge in [-0.2, -0.15) is 0 Å². The van der Waals surface area contributed by atoms with E-state index in [1.54, 1.807) is 18.2 Å². The largest absolute Gasteiger partial charge is 0.351 e. The van der Waals surface area contributed by atoms with Crippen molar-refractivity contribution in [3.05, 3.63) is 35.6 Å². The second-order valence-corrected chi connectivity index (χ2v) is 5.63. The lowest BCUT2D eigenvalue weighted by atomic mass is 9.81. The molecule has 20 heavy (non-hydrogen) atoms. The Hall–Kier alpha value is -1.46. The number of halogens is 1. The van der Waals surface area contributed by atoms with E-state index in [9.17, 15) is 9.18 Å². The first-order chi connectivity index (χ1) is 9.75. The summed E-state index contributed by atoms with van der Waals surface area (Å²) in [5.74, 6) is 0.0281. The van der Waals surface area contributed by atoms with Crippen molar-refractivity contribution in [2.75, 3.05) is 0 Å². The molecule has 3 rings (SSSR count). The second-order valence-electron chi connectivity index (χ2n) is 5.63. The zero-order chi connectivity index (χ0) is 13.9. The van der Waals surface area contributed by atoms with E-state index in [1.807, 2.05) is 0 Å². The Kier molecular flexibility index (Phi) is 3.98. The molecular weight excluding hydrogens is 257 g/mol. The van der Waals surface area contributed by atoms with Crippen LogP contribution in [0.15, 0.2) is 24.3 Å². The van der Waals surface area contributed by atoms with Crippen molar-refractivity contribution in [2.24, 2.45) is 5.92 Å². The Morgan fingerprint density at radius 3 is 2.90 bits per heavy atom. The zero-order valence-corrected chi connectivity index (χ0v) is 11.4. The van der Waals surface area contributed by atoms with Gasteiger partial charge in [-0.1, -0.05) is 31.0 Å². The van der Waals surface area contributed by atoms with E-state index in [-0.39, 0.29) is 24.3 Å². The van der Waals surface area contributed by atoms with Gasteiger partial charge in [-0.05, 0) is 18.9 Å². The van der Waals surface area contributed by atoms with Crippen LogP contribution in [-0.2, 0) is 11.3 Å². The topological polar surface area (TPSA) is 53.2 Å². The van der Waals surface area contributed by atoms with Gasteiger partial charge in [0.05, 0.1) is 0 Å². The van der Waals surface area contributed by atoms with Crippen LogP contribution >= 0.6 is 0 Å². The molecule has 0 spiro atoms. The van der Waals surface area contributed by atoms with Gasteiger partial charge >= 0.3 is 0 Å². The van der Waals surface area contributed by atoms with E-state index in [0.29, 0.717) is 17.5 Å². The molecule has 1 heterocycles. The number of fused-ring (bicyclic) bond motifs is 1. The highest BCUT2D eigenvalue weighted by Crippen LogP contribution is 2.30. The second kappa shape index (κ2) is 5.89. The van der Waals surface area contributed by atoms with Crippen LogP contribution in [0.3, 0.4) is 0 Å². The van der Waals surface area contributed by atoms with Gasteiger partial charge in [0, 0.05) is 24.1 Å². The molecule has 1 aliphatic carbocycles. The van der Waals surface area contributed by atoms with Crippen LogP contribution in [0, 0.1) is 11.7 Å². The van der Waals surface area contributed by atoms with Crippen LogP contribution in [0.2, 0.25) is 0 Å². The summed E-state index contributed by atoms with van der Waals surface area (Å²) in [6.07, 6.45) is 4.60. The fourth-order valence-electron chi connectivity index (χ4n) is 3.24. The molecule has 2 fully saturated rings. The van der Waals surface area contributed by atoms with E-state index < -0.39 is 0 Å². The highest BCUT2D eigenvalue weighted by molar-refractivity contribution is 5.82. The van der Waals surface area contributed by atoms with Crippen LogP contribution in [0.25, 0.3) is 0 Å². The summed E-state index contributed by atoms with van der Waals surface area (Å²) in [4.78, 5) is 12.2. The maximum Gasteiger partial charge on any atom is 0.239 e. The minimum Gasteiger partial charge on any atom is -0.351 e. The van der Waals surface area contributed by atoms with Gasteiger partial charge in [-0.3, -0.25) is 10.2 Å². The Morgan fingerprint density at radius 2 is 2.05 bits per heavy atom. The molecule has 1 saturated heterocycles. The lowest BCUT2D eigenvalue weighted by Crippen LogP contribution is -2.45. The molecule has 0 aromatic heterocycles. The summed E-state index contributed by atoms with van der Waals surface area (Å²) >= 11 is 0. The maximum absolute atomic E-state index is 13.5. The van der Waals surface area contributed by atoms with Crippen molar-refractivity contribution in [2.45, 2.75) is 44.3 Å². The number of carbonyl (C=O) groups is 1. The number of carbonyl (C=O) groups excluding carboxylic acids is 1. The molecule has 1 aromatic rings. The molecule has 0 radical (unpaired) electrons. The Balaban J connectivity index is 1.58. The monoisotopic (exact) mass is 277 g/mol. The number of hydrogen-bond acceptors (Lipinski definition) is 3. The maximum atomic E-state index is 13.5. The van der Waals surface area contributed by atoms with Crippen LogP contribution in [0.5, 0.6) is 0 Å². The first-order valence-corrected chi connectivity index (χ1v) is 7.28. The Bertz CT molecular complexity index is 494. The third-order valence-corrected chi connectivity index (χ3v) is 4.37. The van der Waals surface area contributed by atoms with Crippen molar-refractivity contribution >= 4 is 5.91 Å². The van der Waals surface area contributed by atoms with Crippen LogP contribution < -0.4 is 16.2 Å². The summed E-state index contributed by atoms with van der Waals surface area (Å²) in [7, 11) is 0. The smallest absolute Gasteiger partial charge is 0.239 e. The first kappa shape index (κ1) is 13.5. The summed E-state index contributed by atoms with van der Waals surface area (Å²) < 4.78 is 13.5. The van der Waals surface area contributed by atoms with Crippen LogP contribution in [0.1, 0.15) is 31.2 Å². The molecule has 3 unspecified atom stereocenters. The standard InChI is InChI=1S/C15H20FN3O/c16-12-7-3-1-5-10(12)9-17-15(20)14-11-6-2-4-8-13(11)18-19-14/h1,3,5,7,11,13-14,18-19H,2,4,6,8-9H2,(H,17,20). The summed E-state index contributed by atoms with van der Waals surface area (Å²) in [6.45, 7) is 0.237. The number of benzene rings is 1. The van der Waals surface area contributed by atoms with Crippen LogP contribution in [0.4, 0.5) is 4.39 Å². The van der Waals surface area contributed by atoms with Crippen molar-refractivity contribution < 1.29 is 9.18 Å². The van der Waals surface area contributed by atoms with Gasteiger partial charge in [0.2, 0.25) is 5.91 Å². The van der Waals surface area contributed by atoms with E-state index in [1.165, 1.54) is 18.9 Å². The summed E-state index contributed by atoms with van der Waals surface area (Å²) in [5.41, 5.74) is 6.83. The van der Waals surface area contributed by atoms with Crippen molar-refractivity contribution in [1.29, 1.82) is 0 Å². The van der Waals surface area contributed by atoms with E-state index in [2.05, 4.69) is 16.2 Å². The molecular formula is C15H20FN3O. The number of amides is 1. The van der Waals surface area contributed by atoms with Gasteiger partial charge in [0.1, 0.15) is 11.9 Å². The van der Waals surface area contributed by atoms with Crippen LogP contribution in [-0.4, -0.2) is 18.0 Å². The first-order valence-electron chi connectivity index (χ1n) is 7.28. The SMILES string of the molecule is O=C(NCc1ccccc1F)C1NNC2CCCCC21. The van der Waals surface area contributed by atoms with E-state index in [4.69, 9.17) is 0 Å². The van der Waals surface area contributed by atoms with Crippen molar-refractivity contribution in [3.8, 4) is 0 Å². The summed E-state index contributed by atoms with van der Waals surface area (Å²) in [5, 5.41) is 2.83. The predicted molar refractivity (Wildman–Crippen MR) is 74.1 cm³/mol. The van der Waals surface area contributed by atoms with Gasteiger partial charge < -0.3 is 5.32 Å². The molecule has 3 N–H and O–H groups in total. The fraction of sp³-hybridized carbons (Fsp3) is 0.533. The number of rotatable bonds is 3. The molecule has 1 saturated carbocycles. The Morgan fingerprint density at radius 1 is 1.25 bits per heavy atom. The molecule has 3 atom stereocenters. The number of hydrazine groups is 1. The molecule has 1 aliphatic heterocycles. The third kappa shape index (κ3) is 2.69. The minimum absolute atomic E-state index is 0.0462. The molecule has 108 valence electrons. The minimum atomic E-state index is -0.277. The highest BCUT2D eigenvalue weighted by atomic mass is 19.1. The number of hydrogen-bond donors (Lipinski definition) is 3. The molecule has 5 heteroatoms. The lowest BCUT2D eigenvalue weighted by molar-refractivity contribution is -0.124. The van der Waals surface area contributed by atoms with Gasteiger partial charge in [-0.15, -0.1) is 0 Å².